The lowest BCUT2D eigenvalue weighted by molar-refractivity contribution is 0.129. The van der Waals surface area contributed by atoms with Crippen LogP contribution in [0.1, 0.15) is 30.8 Å². The maximum atomic E-state index is 13.2. The van der Waals surface area contributed by atoms with Crippen LogP contribution in [0, 0.1) is 5.82 Å². The van der Waals surface area contributed by atoms with Crippen molar-refractivity contribution in [3.8, 4) is 5.75 Å². The van der Waals surface area contributed by atoms with Crippen LogP contribution in [0.4, 0.5) is 9.18 Å². The number of urea groups is 1. The molecule has 6 nitrogen and oxygen atoms in total. The van der Waals surface area contributed by atoms with Gasteiger partial charge in [0.15, 0.2) is 11.6 Å². The number of benzene rings is 1. The highest BCUT2D eigenvalue weighted by Crippen LogP contribution is 2.18. The molecule has 23 heavy (non-hydrogen) atoms. The number of amides is 2. The first-order valence-corrected chi connectivity index (χ1v) is 7.19. The van der Waals surface area contributed by atoms with E-state index in [0.717, 1.165) is 6.07 Å². The number of nitrogens with one attached hydrogen (secondary N) is 2. The highest BCUT2D eigenvalue weighted by atomic mass is 19.1. The number of phenols is 1. The fraction of sp³-hybridized carbons (Fsp3) is 0.312. The minimum Gasteiger partial charge on any atom is -0.505 e. The van der Waals surface area contributed by atoms with E-state index in [1.165, 1.54) is 18.4 Å². The zero-order valence-corrected chi connectivity index (χ0v) is 12.6. The average molecular weight is 322 g/mol. The molecule has 0 saturated heterocycles. The van der Waals surface area contributed by atoms with Gasteiger partial charge < -0.3 is 25.3 Å². The Morgan fingerprint density at radius 1 is 1.39 bits per heavy atom. The molecule has 2 rings (SSSR count). The molecule has 4 N–H and O–H groups in total. The van der Waals surface area contributed by atoms with Gasteiger partial charge in [-0.2, -0.15) is 0 Å². The van der Waals surface area contributed by atoms with Crippen molar-refractivity contribution in [2.24, 2.45) is 0 Å². The second kappa shape index (κ2) is 7.64. The third-order valence-corrected chi connectivity index (χ3v) is 3.29. The molecule has 1 aromatic carbocycles. The minimum atomic E-state index is -0.800. The maximum Gasteiger partial charge on any atom is 0.315 e. The summed E-state index contributed by atoms with van der Waals surface area (Å²) < 4.78 is 18.3. The molecule has 0 spiro atoms. The molecule has 0 fully saturated rings. The smallest absolute Gasteiger partial charge is 0.315 e. The minimum absolute atomic E-state index is 0.122. The van der Waals surface area contributed by atoms with Crippen LogP contribution in [0.15, 0.2) is 41.0 Å². The topological polar surface area (TPSA) is 94.7 Å². The van der Waals surface area contributed by atoms with Gasteiger partial charge in [0, 0.05) is 19.0 Å². The second-order valence-electron chi connectivity index (χ2n) is 5.28. The Morgan fingerprint density at radius 3 is 2.83 bits per heavy atom. The van der Waals surface area contributed by atoms with Crippen molar-refractivity contribution >= 4 is 6.03 Å². The summed E-state index contributed by atoms with van der Waals surface area (Å²) in [4.78, 5) is 11.8. The first-order valence-electron chi connectivity index (χ1n) is 7.19. The second-order valence-corrected chi connectivity index (χ2v) is 5.28. The highest BCUT2D eigenvalue weighted by Gasteiger charge is 2.16. The van der Waals surface area contributed by atoms with Gasteiger partial charge in [0.25, 0.3) is 0 Å². The number of hydrogen-bond acceptors (Lipinski definition) is 4. The van der Waals surface area contributed by atoms with E-state index in [1.807, 2.05) is 0 Å². The van der Waals surface area contributed by atoms with Crippen molar-refractivity contribution in [3.63, 3.8) is 0 Å². The molecule has 0 aliphatic carbocycles. The predicted octanol–water partition coefficient (Wildman–Crippen LogP) is 2.44. The Morgan fingerprint density at radius 2 is 2.17 bits per heavy atom. The summed E-state index contributed by atoms with van der Waals surface area (Å²) in [7, 11) is 0. The average Bonchev–Trinajstić information content (AvgIpc) is 3.02. The lowest BCUT2D eigenvalue weighted by atomic mass is 10.1. The summed E-state index contributed by atoms with van der Waals surface area (Å²) in [6.45, 7) is 1.88. The summed E-state index contributed by atoms with van der Waals surface area (Å²) in [6, 6.07) is 6.52. The molecule has 2 amide bonds. The number of furan rings is 1. The molecule has 0 radical (unpaired) electrons. The summed E-state index contributed by atoms with van der Waals surface area (Å²) in [5.41, 5.74) is 0.527. The van der Waals surface area contributed by atoms with Crippen LogP contribution in [0.3, 0.4) is 0 Å². The van der Waals surface area contributed by atoms with Gasteiger partial charge in [-0.3, -0.25) is 0 Å². The van der Waals surface area contributed by atoms with Gasteiger partial charge in [0.05, 0.1) is 6.26 Å². The van der Waals surface area contributed by atoms with Crippen molar-refractivity contribution < 1.29 is 23.8 Å². The number of aromatic hydroxyl groups is 1. The number of hydrogen-bond donors (Lipinski definition) is 4. The fourth-order valence-corrected chi connectivity index (χ4v) is 2.11. The van der Waals surface area contributed by atoms with E-state index in [0.29, 0.717) is 17.7 Å². The van der Waals surface area contributed by atoms with Crippen LogP contribution in [-0.4, -0.2) is 22.3 Å². The Labute approximate surface area is 132 Å². The number of halogens is 1. The van der Waals surface area contributed by atoms with Gasteiger partial charge in [0.2, 0.25) is 0 Å². The summed E-state index contributed by atoms with van der Waals surface area (Å²) in [5, 5.41) is 24.3. The molecule has 124 valence electrons. The number of phenolic OH excluding ortho intramolecular Hbond substituents is 1. The van der Waals surface area contributed by atoms with Crippen LogP contribution in [-0.2, 0) is 6.54 Å². The first-order chi connectivity index (χ1) is 11.0. The van der Waals surface area contributed by atoms with E-state index in [9.17, 15) is 14.3 Å². The molecule has 1 heterocycles. The fourth-order valence-electron chi connectivity index (χ4n) is 2.11. The molecule has 7 heteroatoms. The lowest BCUT2D eigenvalue weighted by Gasteiger charge is -2.17. The number of carbonyl (C=O) groups is 1. The molecule has 0 bridgehead atoms. The SMILES string of the molecule is CC(CC(O)c1ccco1)NC(=O)NCc1ccc(O)c(F)c1. The molecular weight excluding hydrogens is 303 g/mol. The number of carbonyl (C=O) groups excluding carboxylic acids is 1. The summed E-state index contributed by atoms with van der Waals surface area (Å²) in [6.07, 6.45) is 0.973. The zero-order chi connectivity index (χ0) is 16.8. The quantitative estimate of drug-likeness (QED) is 0.657. The van der Waals surface area contributed by atoms with Gasteiger partial charge in [-0.15, -0.1) is 0 Å². The van der Waals surface area contributed by atoms with Crippen molar-refractivity contribution in [2.45, 2.75) is 32.0 Å². The Balaban J connectivity index is 1.76. The van der Waals surface area contributed by atoms with Crippen LogP contribution in [0.2, 0.25) is 0 Å². The third kappa shape index (κ3) is 5.00. The van der Waals surface area contributed by atoms with Gasteiger partial charge in [0.1, 0.15) is 11.9 Å². The first kappa shape index (κ1) is 16.8. The van der Waals surface area contributed by atoms with E-state index in [4.69, 9.17) is 9.52 Å². The van der Waals surface area contributed by atoms with Gasteiger partial charge in [-0.25, -0.2) is 9.18 Å². The Hall–Kier alpha value is -2.54. The maximum absolute atomic E-state index is 13.2. The Bertz CT molecular complexity index is 646. The normalized spacial score (nSPS) is 13.3. The van der Waals surface area contributed by atoms with Crippen LogP contribution < -0.4 is 10.6 Å². The van der Waals surface area contributed by atoms with Crippen molar-refractivity contribution in [1.82, 2.24) is 10.6 Å². The van der Waals surface area contributed by atoms with E-state index < -0.39 is 23.7 Å². The number of aliphatic hydroxyl groups is 1. The molecule has 0 aliphatic heterocycles. The standard InChI is InChI=1S/C16H19FN2O4/c1-10(7-14(21)15-3-2-6-23-15)19-16(22)18-9-11-4-5-13(20)12(17)8-11/h2-6,8,10,14,20-21H,7,9H2,1H3,(H2,18,19,22). The molecule has 0 aliphatic rings. The monoisotopic (exact) mass is 322 g/mol. The molecule has 0 saturated carbocycles. The molecule has 2 aromatic rings. The highest BCUT2D eigenvalue weighted by molar-refractivity contribution is 5.74. The molecule has 1 aromatic heterocycles. The predicted molar refractivity (Wildman–Crippen MR) is 81.2 cm³/mol. The van der Waals surface area contributed by atoms with E-state index in [-0.39, 0.29) is 12.6 Å². The van der Waals surface area contributed by atoms with E-state index in [1.54, 1.807) is 19.1 Å². The molecular formula is C16H19FN2O4. The summed E-state index contributed by atoms with van der Waals surface area (Å²) >= 11 is 0. The Kier molecular flexibility index (Phi) is 5.59. The third-order valence-electron chi connectivity index (χ3n) is 3.29. The molecule has 2 atom stereocenters. The van der Waals surface area contributed by atoms with Crippen molar-refractivity contribution in [2.75, 3.05) is 0 Å². The van der Waals surface area contributed by atoms with Crippen LogP contribution >= 0.6 is 0 Å². The zero-order valence-electron chi connectivity index (χ0n) is 12.6. The van der Waals surface area contributed by atoms with Gasteiger partial charge in [-0.1, -0.05) is 6.07 Å². The van der Waals surface area contributed by atoms with Crippen molar-refractivity contribution in [3.05, 3.63) is 53.7 Å². The van der Waals surface area contributed by atoms with Gasteiger partial charge >= 0.3 is 6.03 Å². The van der Waals surface area contributed by atoms with E-state index >= 15 is 0 Å². The molecule has 2 unspecified atom stereocenters. The number of rotatable bonds is 6. The number of aliphatic hydroxyl groups excluding tert-OH is 1. The summed E-state index contributed by atoms with van der Waals surface area (Å²) in [5.74, 6) is -0.725. The van der Waals surface area contributed by atoms with E-state index in [2.05, 4.69) is 10.6 Å². The van der Waals surface area contributed by atoms with Crippen molar-refractivity contribution in [1.29, 1.82) is 0 Å². The largest absolute Gasteiger partial charge is 0.505 e. The van der Waals surface area contributed by atoms with Gasteiger partial charge in [-0.05, 0) is 36.8 Å². The van der Waals surface area contributed by atoms with Crippen LogP contribution in [0.25, 0.3) is 0 Å². The van der Waals surface area contributed by atoms with Crippen LogP contribution in [0.5, 0.6) is 5.75 Å². The lowest BCUT2D eigenvalue weighted by Crippen LogP contribution is -2.41.